The molecule has 120 valence electrons. The molecule has 1 atom stereocenters. The lowest BCUT2D eigenvalue weighted by atomic mass is 10.0. The Morgan fingerprint density at radius 3 is 2.62 bits per heavy atom. The van der Waals surface area contributed by atoms with E-state index in [4.69, 9.17) is 4.74 Å². The van der Waals surface area contributed by atoms with Gasteiger partial charge < -0.3 is 20.3 Å². The van der Waals surface area contributed by atoms with Gasteiger partial charge in [0.2, 0.25) is 0 Å². The van der Waals surface area contributed by atoms with E-state index in [0.29, 0.717) is 16.6 Å². The number of rotatable bonds is 5. The minimum absolute atomic E-state index is 0. The van der Waals surface area contributed by atoms with Crippen LogP contribution in [0.3, 0.4) is 0 Å². The average Bonchev–Trinajstić information content (AvgIpc) is 2.48. The molecule has 1 aliphatic heterocycles. The molecular formula is C14H22BrClN2O3. The summed E-state index contributed by atoms with van der Waals surface area (Å²) in [6.07, 6.45) is 0.667. The van der Waals surface area contributed by atoms with Crippen molar-refractivity contribution in [3.8, 4) is 11.5 Å². The van der Waals surface area contributed by atoms with E-state index in [0.717, 1.165) is 31.7 Å². The first kappa shape index (κ1) is 18.5. The maximum atomic E-state index is 9.90. The Morgan fingerprint density at radius 2 is 2.05 bits per heavy atom. The smallest absolute Gasteiger partial charge is 0.172 e. The van der Waals surface area contributed by atoms with Gasteiger partial charge in [-0.05, 0) is 40.0 Å². The van der Waals surface area contributed by atoms with Crippen LogP contribution in [0.2, 0.25) is 0 Å². The van der Waals surface area contributed by atoms with Crippen LogP contribution in [0.1, 0.15) is 18.0 Å². The molecule has 0 radical (unpaired) electrons. The van der Waals surface area contributed by atoms with Crippen molar-refractivity contribution in [2.45, 2.75) is 12.5 Å². The number of phenolic OH excluding ortho intramolecular Hbond substituents is 1. The summed E-state index contributed by atoms with van der Waals surface area (Å²) in [7, 11) is 1.54. The summed E-state index contributed by atoms with van der Waals surface area (Å²) in [6, 6.07) is 3.88. The van der Waals surface area contributed by atoms with Gasteiger partial charge in [0.25, 0.3) is 0 Å². The highest BCUT2D eigenvalue weighted by molar-refractivity contribution is 9.10. The molecule has 1 aromatic rings. The van der Waals surface area contributed by atoms with Crippen LogP contribution in [0.4, 0.5) is 0 Å². The number of phenols is 1. The second-order valence-corrected chi connectivity index (χ2v) is 5.72. The number of piperazine rings is 1. The van der Waals surface area contributed by atoms with Crippen molar-refractivity contribution < 1.29 is 14.9 Å². The van der Waals surface area contributed by atoms with E-state index < -0.39 is 0 Å². The third-order valence-corrected chi connectivity index (χ3v) is 4.25. The molecule has 5 nitrogen and oxygen atoms in total. The van der Waals surface area contributed by atoms with Gasteiger partial charge in [0.05, 0.1) is 11.6 Å². The highest BCUT2D eigenvalue weighted by atomic mass is 79.9. The van der Waals surface area contributed by atoms with Crippen LogP contribution in [-0.4, -0.2) is 55.0 Å². The lowest BCUT2D eigenvalue weighted by Crippen LogP contribution is -2.45. The number of aromatic hydroxyl groups is 1. The fourth-order valence-electron chi connectivity index (χ4n) is 2.62. The number of hydrogen-bond donors (Lipinski definition) is 3. The summed E-state index contributed by atoms with van der Waals surface area (Å²) >= 11 is 3.36. The van der Waals surface area contributed by atoms with Crippen LogP contribution in [0.15, 0.2) is 16.6 Å². The van der Waals surface area contributed by atoms with E-state index in [1.165, 1.54) is 7.11 Å². The highest BCUT2D eigenvalue weighted by Crippen LogP contribution is 2.38. The normalized spacial score (nSPS) is 17.1. The Hall–Kier alpha value is -0.530. The van der Waals surface area contributed by atoms with Crippen molar-refractivity contribution in [2.75, 3.05) is 39.9 Å². The van der Waals surface area contributed by atoms with Crippen molar-refractivity contribution in [1.82, 2.24) is 10.2 Å². The zero-order chi connectivity index (χ0) is 14.5. The molecule has 0 unspecified atom stereocenters. The van der Waals surface area contributed by atoms with E-state index in [1.807, 2.05) is 12.1 Å². The van der Waals surface area contributed by atoms with Crippen LogP contribution in [0.25, 0.3) is 0 Å². The minimum atomic E-state index is 0. The van der Waals surface area contributed by atoms with E-state index in [9.17, 15) is 10.2 Å². The third kappa shape index (κ3) is 4.47. The van der Waals surface area contributed by atoms with Gasteiger partial charge in [-0.15, -0.1) is 12.4 Å². The number of halogens is 2. The van der Waals surface area contributed by atoms with Gasteiger partial charge in [0.1, 0.15) is 0 Å². The van der Waals surface area contributed by atoms with Crippen LogP contribution in [-0.2, 0) is 0 Å². The van der Waals surface area contributed by atoms with Crippen LogP contribution >= 0.6 is 28.3 Å². The predicted octanol–water partition coefficient (Wildman–Crippen LogP) is 1.91. The molecule has 0 saturated carbocycles. The van der Waals surface area contributed by atoms with E-state index in [1.54, 1.807) is 0 Å². The number of hydrogen-bond acceptors (Lipinski definition) is 5. The fraction of sp³-hybridized carbons (Fsp3) is 0.571. The third-order valence-electron chi connectivity index (χ3n) is 3.65. The van der Waals surface area contributed by atoms with Crippen molar-refractivity contribution in [2.24, 2.45) is 0 Å². The summed E-state index contributed by atoms with van der Waals surface area (Å²) in [5, 5.41) is 22.6. The molecule has 1 fully saturated rings. The first-order valence-electron chi connectivity index (χ1n) is 6.79. The van der Waals surface area contributed by atoms with Crippen molar-refractivity contribution in [3.63, 3.8) is 0 Å². The first-order chi connectivity index (χ1) is 9.67. The summed E-state index contributed by atoms with van der Waals surface area (Å²) in [4.78, 5) is 2.35. The molecule has 21 heavy (non-hydrogen) atoms. The highest BCUT2D eigenvalue weighted by Gasteiger charge is 2.23. The number of nitrogens with one attached hydrogen (secondary N) is 1. The Labute approximate surface area is 139 Å². The molecule has 0 aromatic heterocycles. The zero-order valence-corrected chi connectivity index (χ0v) is 14.4. The van der Waals surface area contributed by atoms with E-state index in [-0.39, 0.29) is 30.8 Å². The number of aliphatic hydroxyl groups excluding tert-OH is 1. The Morgan fingerprint density at radius 1 is 1.38 bits per heavy atom. The molecule has 0 aliphatic carbocycles. The fourth-order valence-corrected chi connectivity index (χ4v) is 3.08. The molecule has 1 heterocycles. The van der Waals surface area contributed by atoms with E-state index >= 15 is 0 Å². The quantitative estimate of drug-likeness (QED) is 0.727. The Bertz CT molecular complexity index is 456. The standard InChI is InChI=1S/C14H21BrN2O3.ClH/c1-20-13-9-10(8-11(15)14(13)19)12(2-7-18)17-5-3-16-4-6-17;/h8-9,12,16,18-19H,2-7H2,1H3;1H/t12-;/m1./s1. The van der Waals surface area contributed by atoms with E-state index in [2.05, 4.69) is 26.1 Å². The number of nitrogens with zero attached hydrogens (tertiary/aromatic N) is 1. The summed E-state index contributed by atoms with van der Waals surface area (Å²) in [5.41, 5.74) is 1.04. The molecule has 2 rings (SSSR count). The SMILES string of the molecule is COc1cc([C@@H](CCO)N2CCNCC2)cc(Br)c1O.Cl. The molecule has 7 heteroatoms. The number of methoxy groups -OCH3 is 1. The maximum Gasteiger partial charge on any atom is 0.172 e. The largest absolute Gasteiger partial charge is 0.503 e. The van der Waals surface area contributed by atoms with Crippen LogP contribution in [0, 0.1) is 0 Å². The zero-order valence-electron chi connectivity index (χ0n) is 12.0. The Kier molecular flexibility index (Phi) is 7.76. The van der Waals surface area contributed by atoms with Gasteiger partial charge in [0.15, 0.2) is 11.5 Å². The Balaban J connectivity index is 0.00000220. The average molecular weight is 382 g/mol. The van der Waals surface area contributed by atoms with Crippen molar-refractivity contribution in [1.29, 1.82) is 0 Å². The number of aliphatic hydroxyl groups is 1. The number of benzene rings is 1. The molecule has 0 bridgehead atoms. The maximum absolute atomic E-state index is 9.90. The topological polar surface area (TPSA) is 65.0 Å². The first-order valence-corrected chi connectivity index (χ1v) is 7.58. The van der Waals surface area contributed by atoms with Crippen molar-refractivity contribution >= 4 is 28.3 Å². The summed E-state index contributed by atoms with van der Waals surface area (Å²) in [5.74, 6) is 0.562. The van der Waals surface area contributed by atoms with Crippen molar-refractivity contribution in [3.05, 3.63) is 22.2 Å². The van der Waals surface area contributed by atoms with Gasteiger partial charge in [-0.3, -0.25) is 4.90 Å². The molecular weight excluding hydrogens is 360 g/mol. The molecule has 1 aliphatic rings. The minimum Gasteiger partial charge on any atom is -0.503 e. The molecule has 1 saturated heterocycles. The molecule has 1 aromatic carbocycles. The lowest BCUT2D eigenvalue weighted by molar-refractivity contribution is 0.141. The summed E-state index contributed by atoms with van der Waals surface area (Å²) < 4.78 is 5.82. The van der Waals surface area contributed by atoms with Gasteiger partial charge in [-0.1, -0.05) is 0 Å². The molecule has 3 N–H and O–H groups in total. The molecule has 0 spiro atoms. The second kappa shape index (κ2) is 8.80. The van der Waals surface area contributed by atoms with Gasteiger partial charge >= 0.3 is 0 Å². The number of ether oxygens (including phenoxy) is 1. The van der Waals surface area contributed by atoms with Gasteiger partial charge in [-0.2, -0.15) is 0 Å². The van der Waals surface area contributed by atoms with Gasteiger partial charge in [0, 0.05) is 38.8 Å². The van der Waals surface area contributed by atoms with Crippen LogP contribution < -0.4 is 10.1 Å². The predicted molar refractivity (Wildman–Crippen MR) is 88.5 cm³/mol. The monoisotopic (exact) mass is 380 g/mol. The van der Waals surface area contributed by atoms with Gasteiger partial charge in [-0.25, -0.2) is 0 Å². The lowest BCUT2D eigenvalue weighted by Gasteiger charge is -2.35. The second-order valence-electron chi connectivity index (χ2n) is 4.87. The summed E-state index contributed by atoms with van der Waals surface area (Å²) in [6.45, 7) is 3.95. The molecule has 0 amide bonds. The van der Waals surface area contributed by atoms with Crippen LogP contribution in [0.5, 0.6) is 11.5 Å².